The van der Waals surface area contributed by atoms with E-state index in [9.17, 15) is 9.59 Å². The zero-order chi connectivity index (χ0) is 15.0. The van der Waals surface area contributed by atoms with Crippen LogP contribution in [-0.2, 0) is 11.2 Å². The second kappa shape index (κ2) is 8.35. The Labute approximate surface area is 119 Å². The molecule has 0 spiro atoms. The lowest BCUT2D eigenvalue weighted by molar-refractivity contribution is 0.0495. The highest BCUT2D eigenvalue weighted by molar-refractivity contribution is 5.94. The van der Waals surface area contributed by atoms with E-state index in [1.165, 1.54) is 18.2 Å². The fraction of sp³-hybridized carbons (Fsp3) is 0.500. The summed E-state index contributed by atoms with van der Waals surface area (Å²) in [6.07, 6.45) is 4.81. The number of carbonyl (C=O) groups excluding carboxylic acids is 1. The first-order valence-corrected chi connectivity index (χ1v) is 7.13. The van der Waals surface area contributed by atoms with Crippen LogP contribution in [0.3, 0.4) is 0 Å². The number of carbonyl (C=O) groups is 2. The van der Waals surface area contributed by atoms with E-state index >= 15 is 0 Å². The molecule has 0 fully saturated rings. The number of unbranched alkanes of at least 4 members (excludes halogenated alkanes) is 3. The number of ether oxygens (including phenoxy) is 1. The van der Waals surface area contributed by atoms with Crippen LogP contribution in [0, 0.1) is 0 Å². The van der Waals surface area contributed by atoms with Gasteiger partial charge in [0.2, 0.25) is 0 Å². The third kappa shape index (κ3) is 4.68. The van der Waals surface area contributed by atoms with Gasteiger partial charge in [-0.25, -0.2) is 9.59 Å². The predicted molar refractivity (Wildman–Crippen MR) is 77.2 cm³/mol. The van der Waals surface area contributed by atoms with Crippen LogP contribution in [0.4, 0.5) is 0 Å². The lowest BCUT2D eigenvalue weighted by Crippen LogP contribution is -2.10. The monoisotopic (exact) mass is 278 g/mol. The van der Waals surface area contributed by atoms with Crippen LogP contribution >= 0.6 is 0 Å². The molecule has 0 unspecified atom stereocenters. The molecule has 0 amide bonds. The van der Waals surface area contributed by atoms with Crippen molar-refractivity contribution in [3.8, 4) is 0 Å². The van der Waals surface area contributed by atoms with Gasteiger partial charge < -0.3 is 9.84 Å². The number of carboxylic acids is 1. The molecule has 110 valence electrons. The summed E-state index contributed by atoms with van der Waals surface area (Å²) in [5.74, 6) is -1.35. The molecule has 0 atom stereocenters. The number of aryl methyl sites for hydroxylation is 1. The van der Waals surface area contributed by atoms with Crippen molar-refractivity contribution in [1.82, 2.24) is 0 Å². The van der Waals surface area contributed by atoms with Gasteiger partial charge in [0.25, 0.3) is 0 Å². The molecule has 4 heteroatoms. The predicted octanol–water partition coefficient (Wildman–Crippen LogP) is 3.68. The Morgan fingerprint density at radius 2 is 1.90 bits per heavy atom. The maximum Gasteiger partial charge on any atom is 0.338 e. The lowest BCUT2D eigenvalue weighted by Gasteiger charge is -2.09. The average Bonchev–Trinajstić information content (AvgIpc) is 2.46. The van der Waals surface area contributed by atoms with Crippen LogP contribution in [0.1, 0.15) is 65.8 Å². The molecule has 1 aromatic rings. The first-order chi connectivity index (χ1) is 9.60. The maximum atomic E-state index is 12.0. The van der Waals surface area contributed by atoms with Crippen LogP contribution in [0.2, 0.25) is 0 Å². The number of aromatic carboxylic acids is 1. The largest absolute Gasteiger partial charge is 0.478 e. The number of hydrogen-bond acceptors (Lipinski definition) is 3. The molecule has 0 aliphatic rings. The molecule has 0 aromatic heterocycles. The van der Waals surface area contributed by atoms with Gasteiger partial charge in [-0.1, -0.05) is 33.1 Å². The molecule has 4 nitrogen and oxygen atoms in total. The third-order valence-electron chi connectivity index (χ3n) is 3.18. The Kier molecular flexibility index (Phi) is 6.77. The fourth-order valence-electron chi connectivity index (χ4n) is 1.99. The summed E-state index contributed by atoms with van der Waals surface area (Å²) in [6.45, 7) is 4.44. The molecule has 0 radical (unpaired) electrons. The van der Waals surface area contributed by atoms with Crippen LogP contribution in [0.5, 0.6) is 0 Å². The van der Waals surface area contributed by atoms with E-state index < -0.39 is 5.97 Å². The summed E-state index contributed by atoms with van der Waals surface area (Å²) in [7, 11) is 0. The van der Waals surface area contributed by atoms with Gasteiger partial charge in [0.15, 0.2) is 0 Å². The zero-order valence-electron chi connectivity index (χ0n) is 12.1. The minimum absolute atomic E-state index is 0.196. The highest BCUT2D eigenvalue weighted by atomic mass is 16.5. The molecule has 0 aliphatic carbocycles. The Morgan fingerprint density at radius 1 is 1.15 bits per heavy atom. The van der Waals surface area contributed by atoms with Crippen molar-refractivity contribution in [3.05, 3.63) is 34.9 Å². The topological polar surface area (TPSA) is 63.6 Å². The van der Waals surface area contributed by atoms with Crippen LogP contribution < -0.4 is 0 Å². The van der Waals surface area contributed by atoms with Crippen molar-refractivity contribution < 1.29 is 19.4 Å². The molecular weight excluding hydrogens is 256 g/mol. The van der Waals surface area contributed by atoms with Crippen LogP contribution in [-0.4, -0.2) is 23.7 Å². The van der Waals surface area contributed by atoms with E-state index in [1.54, 1.807) is 0 Å². The molecule has 0 saturated carbocycles. The Bertz CT molecular complexity index is 466. The van der Waals surface area contributed by atoms with E-state index in [1.807, 2.05) is 6.92 Å². The van der Waals surface area contributed by atoms with Crippen molar-refractivity contribution in [1.29, 1.82) is 0 Å². The molecule has 20 heavy (non-hydrogen) atoms. The second-order valence-electron chi connectivity index (χ2n) is 4.73. The number of esters is 1. The summed E-state index contributed by atoms with van der Waals surface area (Å²) in [5, 5.41) is 8.94. The molecule has 0 aliphatic heterocycles. The van der Waals surface area contributed by atoms with Gasteiger partial charge >= 0.3 is 11.9 Å². The standard InChI is InChI=1S/C16H22O4/c1-3-5-6-7-10-20-16(19)14-9-8-13(15(17)18)11-12(14)4-2/h8-9,11H,3-7,10H2,1-2H3,(H,17,18). The Morgan fingerprint density at radius 3 is 2.50 bits per heavy atom. The summed E-state index contributed by atoms with van der Waals surface area (Å²) < 4.78 is 5.23. The minimum atomic E-state index is -0.987. The van der Waals surface area contributed by atoms with Crippen molar-refractivity contribution in [2.45, 2.75) is 46.0 Å². The second-order valence-corrected chi connectivity index (χ2v) is 4.73. The summed E-state index contributed by atoms with van der Waals surface area (Å²) in [4.78, 5) is 22.9. The normalized spacial score (nSPS) is 10.3. The molecule has 1 rings (SSSR count). The van der Waals surface area contributed by atoms with Crippen molar-refractivity contribution >= 4 is 11.9 Å². The van der Waals surface area contributed by atoms with Crippen LogP contribution in [0.25, 0.3) is 0 Å². The van der Waals surface area contributed by atoms with E-state index in [-0.39, 0.29) is 11.5 Å². The summed E-state index contributed by atoms with van der Waals surface area (Å²) >= 11 is 0. The molecule has 0 saturated heterocycles. The first-order valence-electron chi connectivity index (χ1n) is 7.13. The minimum Gasteiger partial charge on any atom is -0.478 e. The van der Waals surface area contributed by atoms with Gasteiger partial charge in [-0.2, -0.15) is 0 Å². The highest BCUT2D eigenvalue weighted by Crippen LogP contribution is 2.15. The lowest BCUT2D eigenvalue weighted by atomic mass is 10.0. The third-order valence-corrected chi connectivity index (χ3v) is 3.18. The SMILES string of the molecule is CCCCCCOC(=O)c1ccc(C(=O)O)cc1CC. The van der Waals surface area contributed by atoms with Gasteiger partial charge in [-0.05, 0) is 36.6 Å². The fourth-order valence-corrected chi connectivity index (χ4v) is 1.99. The maximum absolute atomic E-state index is 12.0. The highest BCUT2D eigenvalue weighted by Gasteiger charge is 2.14. The van der Waals surface area contributed by atoms with Crippen molar-refractivity contribution in [2.24, 2.45) is 0 Å². The van der Waals surface area contributed by atoms with Crippen molar-refractivity contribution in [2.75, 3.05) is 6.61 Å². The Hall–Kier alpha value is -1.84. The van der Waals surface area contributed by atoms with Gasteiger partial charge in [0.1, 0.15) is 0 Å². The molecular formula is C16H22O4. The zero-order valence-corrected chi connectivity index (χ0v) is 12.1. The number of rotatable bonds is 8. The smallest absolute Gasteiger partial charge is 0.338 e. The van der Waals surface area contributed by atoms with E-state index in [2.05, 4.69) is 6.92 Å². The average molecular weight is 278 g/mol. The van der Waals surface area contributed by atoms with Gasteiger partial charge in [-0.3, -0.25) is 0 Å². The molecule has 0 heterocycles. The van der Waals surface area contributed by atoms with E-state index in [4.69, 9.17) is 9.84 Å². The van der Waals surface area contributed by atoms with E-state index in [0.717, 1.165) is 25.7 Å². The quantitative estimate of drug-likeness (QED) is 0.582. The molecule has 0 bridgehead atoms. The first kappa shape index (κ1) is 16.2. The van der Waals surface area contributed by atoms with Crippen LogP contribution in [0.15, 0.2) is 18.2 Å². The van der Waals surface area contributed by atoms with Gasteiger partial charge in [-0.15, -0.1) is 0 Å². The van der Waals surface area contributed by atoms with Gasteiger partial charge in [0, 0.05) is 0 Å². The number of benzene rings is 1. The van der Waals surface area contributed by atoms with Gasteiger partial charge in [0.05, 0.1) is 17.7 Å². The molecule has 1 aromatic carbocycles. The number of carboxylic acid groups (broad SMARTS) is 1. The van der Waals surface area contributed by atoms with Crippen molar-refractivity contribution in [3.63, 3.8) is 0 Å². The Balaban J connectivity index is 2.65. The molecule has 1 N–H and O–H groups in total. The number of hydrogen-bond donors (Lipinski definition) is 1. The summed E-state index contributed by atoms with van der Waals surface area (Å²) in [5.41, 5.74) is 1.37. The van der Waals surface area contributed by atoms with E-state index in [0.29, 0.717) is 24.2 Å². The summed E-state index contributed by atoms with van der Waals surface area (Å²) in [6, 6.07) is 4.52.